The Balaban J connectivity index is 1.53. The number of hydrogen-bond acceptors (Lipinski definition) is 3. The van der Waals surface area contributed by atoms with Crippen LogP contribution >= 0.6 is 0 Å². The molecule has 0 aliphatic rings. The van der Waals surface area contributed by atoms with Gasteiger partial charge in [-0.1, -0.05) is 78.9 Å². The van der Waals surface area contributed by atoms with Crippen LogP contribution in [0.5, 0.6) is 5.75 Å². The molecule has 0 aromatic heterocycles. The lowest BCUT2D eigenvalue weighted by Crippen LogP contribution is -2.30. The highest BCUT2D eigenvalue weighted by atomic mass is 16.5. The van der Waals surface area contributed by atoms with Crippen LogP contribution < -0.4 is 10.1 Å². The Kier molecular flexibility index (Phi) is 5.57. The van der Waals surface area contributed by atoms with Gasteiger partial charge in [0.25, 0.3) is 5.91 Å². The van der Waals surface area contributed by atoms with Crippen molar-refractivity contribution in [2.45, 2.75) is 13.0 Å². The van der Waals surface area contributed by atoms with E-state index >= 15 is 0 Å². The van der Waals surface area contributed by atoms with Crippen LogP contribution in [0.15, 0.2) is 97.1 Å². The number of amides is 1. The topological polar surface area (TPSA) is 55.4 Å². The standard InChI is InChI=1S/C26H21NO3/c1-18(30-24-17-9-13-19-10-5-6-14-21(19)24)26(29)27-23-16-8-7-15-22(23)25(28)20-11-3-2-4-12-20/h2-18H,1H3,(H,27,29). The number of nitrogens with one attached hydrogen (secondary N) is 1. The predicted octanol–water partition coefficient (Wildman–Crippen LogP) is 5.48. The number of rotatable bonds is 6. The molecule has 30 heavy (non-hydrogen) atoms. The van der Waals surface area contributed by atoms with Crippen LogP contribution in [-0.2, 0) is 4.79 Å². The zero-order valence-electron chi connectivity index (χ0n) is 16.5. The summed E-state index contributed by atoms with van der Waals surface area (Å²) in [5, 5.41) is 4.83. The number of anilines is 1. The summed E-state index contributed by atoms with van der Waals surface area (Å²) < 4.78 is 5.95. The van der Waals surface area contributed by atoms with Gasteiger partial charge in [-0.3, -0.25) is 9.59 Å². The van der Waals surface area contributed by atoms with E-state index in [1.807, 2.05) is 60.7 Å². The van der Waals surface area contributed by atoms with Crippen molar-refractivity contribution in [3.05, 3.63) is 108 Å². The molecule has 0 heterocycles. The summed E-state index contributed by atoms with van der Waals surface area (Å²) >= 11 is 0. The van der Waals surface area contributed by atoms with Crippen LogP contribution in [0.3, 0.4) is 0 Å². The normalized spacial score (nSPS) is 11.6. The molecule has 0 bridgehead atoms. The second-order valence-electron chi connectivity index (χ2n) is 6.97. The van der Waals surface area contributed by atoms with Crippen molar-refractivity contribution in [2.24, 2.45) is 0 Å². The first kappa shape index (κ1) is 19.4. The molecule has 1 N–H and O–H groups in total. The minimum absolute atomic E-state index is 0.144. The van der Waals surface area contributed by atoms with Gasteiger partial charge in [-0.05, 0) is 30.5 Å². The van der Waals surface area contributed by atoms with Crippen molar-refractivity contribution >= 4 is 28.2 Å². The fourth-order valence-electron chi connectivity index (χ4n) is 3.31. The van der Waals surface area contributed by atoms with Gasteiger partial charge >= 0.3 is 0 Å². The Morgan fingerprint density at radius 1 is 0.767 bits per heavy atom. The van der Waals surface area contributed by atoms with Crippen molar-refractivity contribution in [3.63, 3.8) is 0 Å². The number of ketones is 1. The third kappa shape index (κ3) is 4.08. The van der Waals surface area contributed by atoms with Gasteiger partial charge in [-0.15, -0.1) is 0 Å². The van der Waals surface area contributed by atoms with Crippen molar-refractivity contribution in [3.8, 4) is 5.75 Å². The molecular formula is C26H21NO3. The summed E-state index contributed by atoms with van der Waals surface area (Å²) in [7, 11) is 0. The van der Waals surface area contributed by atoms with Crippen molar-refractivity contribution in [1.82, 2.24) is 0 Å². The predicted molar refractivity (Wildman–Crippen MR) is 119 cm³/mol. The number of carbonyl (C=O) groups excluding carboxylic acids is 2. The molecule has 4 rings (SSSR count). The quantitative estimate of drug-likeness (QED) is 0.440. The molecule has 0 aliphatic heterocycles. The monoisotopic (exact) mass is 395 g/mol. The Hall–Kier alpha value is -3.92. The maximum atomic E-state index is 12.9. The molecule has 0 saturated heterocycles. The summed E-state index contributed by atoms with van der Waals surface area (Å²) in [5.74, 6) is 0.176. The Morgan fingerprint density at radius 3 is 2.27 bits per heavy atom. The molecule has 4 aromatic rings. The number of para-hydroxylation sites is 1. The molecule has 0 saturated carbocycles. The second-order valence-corrected chi connectivity index (χ2v) is 6.97. The summed E-state index contributed by atoms with van der Waals surface area (Å²) in [6.45, 7) is 1.69. The molecular weight excluding hydrogens is 374 g/mol. The highest BCUT2D eigenvalue weighted by Crippen LogP contribution is 2.26. The van der Waals surface area contributed by atoms with Gasteiger partial charge in [0.15, 0.2) is 11.9 Å². The molecule has 0 fully saturated rings. The minimum Gasteiger partial charge on any atom is -0.480 e. The zero-order valence-corrected chi connectivity index (χ0v) is 16.5. The van der Waals surface area contributed by atoms with E-state index in [1.54, 1.807) is 43.3 Å². The molecule has 0 radical (unpaired) electrons. The van der Waals surface area contributed by atoms with Crippen molar-refractivity contribution in [1.29, 1.82) is 0 Å². The SMILES string of the molecule is CC(Oc1cccc2ccccc12)C(=O)Nc1ccccc1C(=O)c1ccccc1. The lowest BCUT2D eigenvalue weighted by molar-refractivity contribution is -0.122. The van der Waals surface area contributed by atoms with Crippen LogP contribution in [0.4, 0.5) is 5.69 Å². The van der Waals surface area contributed by atoms with Crippen LogP contribution in [0.25, 0.3) is 10.8 Å². The molecule has 1 unspecified atom stereocenters. The summed E-state index contributed by atoms with van der Waals surface area (Å²) in [5.41, 5.74) is 1.47. The average molecular weight is 395 g/mol. The largest absolute Gasteiger partial charge is 0.480 e. The van der Waals surface area contributed by atoms with Crippen LogP contribution in [0.2, 0.25) is 0 Å². The van der Waals surface area contributed by atoms with Crippen LogP contribution in [0.1, 0.15) is 22.8 Å². The maximum Gasteiger partial charge on any atom is 0.265 e. The van der Waals surface area contributed by atoms with Crippen LogP contribution in [-0.4, -0.2) is 17.8 Å². The summed E-state index contributed by atoms with van der Waals surface area (Å²) in [6, 6.07) is 29.6. The molecule has 1 amide bonds. The number of carbonyl (C=O) groups is 2. The number of fused-ring (bicyclic) bond motifs is 1. The highest BCUT2D eigenvalue weighted by molar-refractivity contribution is 6.14. The number of ether oxygens (including phenoxy) is 1. The van der Waals surface area contributed by atoms with Gasteiger partial charge in [-0.2, -0.15) is 0 Å². The van der Waals surface area contributed by atoms with E-state index in [0.717, 1.165) is 10.8 Å². The van der Waals surface area contributed by atoms with Crippen LogP contribution in [0, 0.1) is 0 Å². The van der Waals surface area contributed by atoms with Gasteiger partial charge in [0.2, 0.25) is 0 Å². The number of hydrogen-bond donors (Lipinski definition) is 1. The minimum atomic E-state index is -0.740. The molecule has 4 nitrogen and oxygen atoms in total. The fraction of sp³-hybridized carbons (Fsp3) is 0.0769. The Morgan fingerprint density at radius 2 is 1.43 bits per heavy atom. The first-order valence-electron chi connectivity index (χ1n) is 9.77. The maximum absolute atomic E-state index is 12.9. The lowest BCUT2D eigenvalue weighted by atomic mass is 10.0. The second kappa shape index (κ2) is 8.62. The summed E-state index contributed by atoms with van der Waals surface area (Å²) in [4.78, 5) is 25.7. The third-order valence-corrected chi connectivity index (χ3v) is 4.89. The van der Waals surface area contributed by atoms with Gasteiger partial charge in [0, 0.05) is 16.5 Å². The number of benzene rings is 4. The van der Waals surface area contributed by atoms with E-state index in [1.165, 1.54) is 0 Å². The molecule has 4 aromatic carbocycles. The van der Waals surface area contributed by atoms with Gasteiger partial charge in [0.1, 0.15) is 5.75 Å². The molecule has 1 atom stereocenters. The Bertz CT molecular complexity index is 1200. The van der Waals surface area contributed by atoms with Crippen molar-refractivity contribution < 1.29 is 14.3 Å². The highest BCUT2D eigenvalue weighted by Gasteiger charge is 2.19. The fourth-order valence-corrected chi connectivity index (χ4v) is 3.31. The van der Waals surface area contributed by atoms with E-state index < -0.39 is 6.10 Å². The zero-order chi connectivity index (χ0) is 20.9. The third-order valence-electron chi connectivity index (χ3n) is 4.89. The van der Waals surface area contributed by atoms with Gasteiger partial charge < -0.3 is 10.1 Å². The average Bonchev–Trinajstić information content (AvgIpc) is 2.80. The first-order valence-corrected chi connectivity index (χ1v) is 9.77. The van der Waals surface area contributed by atoms with Gasteiger partial charge in [0.05, 0.1) is 5.69 Å². The van der Waals surface area contributed by atoms with E-state index in [4.69, 9.17) is 4.74 Å². The molecule has 0 aliphatic carbocycles. The molecule has 0 spiro atoms. The van der Waals surface area contributed by atoms with E-state index in [-0.39, 0.29) is 11.7 Å². The van der Waals surface area contributed by atoms with E-state index in [0.29, 0.717) is 22.6 Å². The summed E-state index contributed by atoms with van der Waals surface area (Å²) in [6.07, 6.45) is -0.740. The first-order chi connectivity index (χ1) is 14.6. The Labute approximate surface area is 175 Å². The van der Waals surface area contributed by atoms with Gasteiger partial charge in [-0.25, -0.2) is 0 Å². The lowest BCUT2D eigenvalue weighted by Gasteiger charge is -2.17. The van der Waals surface area contributed by atoms with E-state index in [2.05, 4.69) is 5.32 Å². The van der Waals surface area contributed by atoms with Crippen molar-refractivity contribution in [2.75, 3.05) is 5.32 Å². The molecule has 4 heteroatoms. The smallest absolute Gasteiger partial charge is 0.265 e. The van der Waals surface area contributed by atoms with E-state index in [9.17, 15) is 9.59 Å². The molecule has 148 valence electrons.